The molecule has 0 saturated carbocycles. The van der Waals surface area contributed by atoms with Crippen LogP contribution in [0.3, 0.4) is 0 Å². The van der Waals surface area contributed by atoms with Crippen molar-refractivity contribution in [3.63, 3.8) is 0 Å². The molecule has 0 aliphatic rings. The second-order valence-electron chi connectivity index (χ2n) is 6.37. The van der Waals surface area contributed by atoms with Gasteiger partial charge in [0.15, 0.2) is 0 Å². The Morgan fingerprint density at radius 3 is 2.38 bits per heavy atom. The zero-order chi connectivity index (χ0) is 15.6. The van der Waals surface area contributed by atoms with E-state index in [4.69, 9.17) is 10.5 Å². The molecule has 0 heterocycles. The maximum Gasteiger partial charge on any atom is 0.146 e. The number of halogens is 1. The number of ether oxygens (including phenoxy) is 1. The summed E-state index contributed by atoms with van der Waals surface area (Å²) in [6, 6.07) is 10.9. The Balaban J connectivity index is 2.11. The lowest BCUT2D eigenvalue weighted by atomic mass is 9.86. The number of nitrogen functional groups attached to an aromatic ring is 1. The van der Waals surface area contributed by atoms with Gasteiger partial charge in [0.2, 0.25) is 0 Å². The SMILES string of the molecule is Cc1cc(C(C)(C)C)ccc1OCc1ccc(N)c(F)c1. The minimum Gasteiger partial charge on any atom is -0.489 e. The van der Waals surface area contributed by atoms with Crippen LogP contribution in [0.2, 0.25) is 0 Å². The number of aryl methyl sites for hydroxylation is 1. The third-order valence-corrected chi connectivity index (χ3v) is 3.50. The Hall–Kier alpha value is -2.03. The first-order chi connectivity index (χ1) is 9.77. The van der Waals surface area contributed by atoms with Gasteiger partial charge in [0, 0.05) is 0 Å². The second-order valence-corrected chi connectivity index (χ2v) is 6.37. The molecule has 0 atom stereocenters. The lowest BCUT2D eigenvalue weighted by Crippen LogP contribution is -2.11. The molecule has 0 amide bonds. The highest BCUT2D eigenvalue weighted by atomic mass is 19.1. The van der Waals surface area contributed by atoms with Gasteiger partial charge in [0.05, 0.1) is 5.69 Å². The average molecular weight is 287 g/mol. The van der Waals surface area contributed by atoms with Crippen LogP contribution in [0, 0.1) is 12.7 Å². The van der Waals surface area contributed by atoms with E-state index in [1.807, 2.05) is 13.0 Å². The van der Waals surface area contributed by atoms with Crippen molar-refractivity contribution in [1.29, 1.82) is 0 Å². The van der Waals surface area contributed by atoms with E-state index < -0.39 is 5.82 Å². The van der Waals surface area contributed by atoms with E-state index in [1.165, 1.54) is 11.6 Å². The van der Waals surface area contributed by atoms with E-state index in [2.05, 4.69) is 32.9 Å². The number of nitrogens with two attached hydrogens (primary N) is 1. The van der Waals surface area contributed by atoms with Crippen molar-refractivity contribution in [2.24, 2.45) is 0 Å². The number of hydrogen-bond donors (Lipinski definition) is 1. The largest absolute Gasteiger partial charge is 0.489 e. The Bertz CT molecular complexity index is 644. The van der Waals surface area contributed by atoms with Crippen LogP contribution in [-0.4, -0.2) is 0 Å². The first kappa shape index (κ1) is 15.4. The summed E-state index contributed by atoms with van der Waals surface area (Å²) in [5.41, 5.74) is 8.85. The van der Waals surface area contributed by atoms with E-state index in [0.717, 1.165) is 16.9 Å². The van der Waals surface area contributed by atoms with Crippen molar-refractivity contribution < 1.29 is 9.13 Å². The molecule has 0 aliphatic heterocycles. The predicted octanol–water partition coefficient (Wildman–Crippen LogP) is 4.59. The molecular formula is C18H22FNO. The molecule has 2 nitrogen and oxygen atoms in total. The molecule has 0 spiro atoms. The van der Waals surface area contributed by atoms with Crippen LogP contribution in [-0.2, 0) is 12.0 Å². The van der Waals surface area contributed by atoms with Crippen LogP contribution >= 0.6 is 0 Å². The minimum absolute atomic E-state index is 0.114. The molecule has 0 fully saturated rings. The van der Waals surface area contributed by atoms with Gasteiger partial charge < -0.3 is 10.5 Å². The van der Waals surface area contributed by atoms with E-state index in [-0.39, 0.29) is 11.1 Å². The molecule has 2 rings (SSSR count). The van der Waals surface area contributed by atoms with Gasteiger partial charge in [-0.2, -0.15) is 0 Å². The highest BCUT2D eigenvalue weighted by Gasteiger charge is 2.14. The van der Waals surface area contributed by atoms with E-state index >= 15 is 0 Å². The van der Waals surface area contributed by atoms with Crippen LogP contribution < -0.4 is 10.5 Å². The molecule has 0 radical (unpaired) electrons. The lowest BCUT2D eigenvalue weighted by Gasteiger charge is -2.20. The van der Waals surface area contributed by atoms with Crippen LogP contribution in [0.4, 0.5) is 10.1 Å². The van der Waals surface area contributed by atoms with Crippen LogP contribution in [0.1, 0.15) is 37.5 Å². The highest BCUT2D eigenvalue weighted by molar-refractivity contribution is 5.42. The van der Waals surface area contributed by atoms with Crippen molar-refractivity contribution in [2.45, 2.75) is 39.7 Å². The summed E-state index contributed by atoms with van der Waals surface area (Å²) < 4.78 is 19.2. The van der Waals surface area contributed by atoms with Gasteiger partial charge in [-0.3, -0.25) is 0 Å². The summed E-state index contributed by atoms with van der Waals surface area (Å²) in [7, 11) is 0. The van der Waals surface area contributed by atoms with Gasteiger partial charge in [-0.05, 0) is 47.2 Å². The molecule has 21 heavy (non-hydrogen) atoms. The quantitative estimate of drug-likeness (QED) is 0.838. The summed E-state index contributed by atoms with van der Waals surface area (Å²) in [4.78, 5) is 0. The number of anilines is 1. The smallest absolute Gasteiger partial charge is 0.146 e. The van der Waals surface area contributed by atoms with Crippen LogP contribution in [0.15, 0.2) is 36.4 Å². The topological polar surface area (TPSA) is 35.2 Å². The zero-order valence-electron chi connectivity index (χ0n) is 13.0. The molecule has 112 valence electrons. The first-order valence-electron chi connectivity index (χ1n) is 7.05. The highest BCUT2D eigenvalue weighted by Crippen LogP contribution is 2.28. The fraction of sp³-hybridized carbons (Fsp3) is 0.333. The monoisotopic (exact) mass is 287 g/mol. The Labute approximate surface area is 125 Å². The van der Waals surface area contributed by atoms with Crippen molar-refractivity contribution in [3.8, 4) is 5.75 Å². The number of rotatable bonds is 3. The fourth-order valence-corrected chi connectivity index (χ4v) is 2.10. The molecule has 0 aliphatic carbocycles. The summed E-state index contributed by atoms with van der Waals surface area (Å²) in [6.45, 7) is 8.89. The molecule has 0 unspecified atom stereocenters. The van der Waals surface area contributed by atoms with E-state index in [1.54, 1.807) is 12.1 Å². The molecule has 3 heteroatoms. The first-order valence-corrected chi connectivity index (χ1v) is 7.05. The van der Waals surface area contributed by atoms with Crippen LogP contribution in [0.25, 0.3) is 0 Å². The van der Waals surface area contributed by atoms with Gasteiger partial charge in [0.1, 0.15) is 18.2 Å². The van der Waals surface area contributed by atoms with Gasteiger partial charge in [0.25, 0.3) is 0 Å². The maximum atomic E-state index is 13.4. The van der Waals surface area contributed by atoms with Crippen molar-refractivity contribution in [1.82, 2.24) is 0 Å². The van der Waals surface area contributed by atoms with E-state index in [9.17, 15) is 4.39 Å². The van der Waals surface area contributed by atoms with Crippen molar-refractivity contribution in [3.05, 3.63) is 58.9 Å². The molecule has 2 N–H and O–H groups in total. The summed E-state index contributed by atoms with van der Waals surface area (Å²) in [5, 5.41) is 0. The summed E-state index contributed by atoms with van der Waals surface area (Å²) in [5.74, 6) is 0.413. The summed E-state index contributed by atoms with van der Waals surface area (Å²) >= 11 is 0. The predicted molar refractivity (Wildman–Crippen MR) is 85.0 cm³/mol. The van der Waals surface area contributed by atoms with Crippen LogP contribution in [0.5, 0.6) is 5.75 Å². The Kier molecular flexibility index (Phi) is 4.21. The minimum atomic E-state index is -0.407. The van der Waals surface area contributed by atoms with Crippen molar-refractivity contribution >= 4 is 5.69 Å². The summed E-state index contributed by atoms with van der Waals surface area (Å²) in [6.07, 6.45) is 0. The fourth-order valence-electron chi connectivity index (χ4n) is 2.10. The van der Waals surface area contributed by atoms with Crippen molar-refractivity contribution in [2.75, 3.05) is 5.73 Å². The molecule has 2 aromatic rings. The second kappa shape index (κ2) is 5.76. The normalized spacial score (nSPS) is 11.5. The Morgan fingerprint density at radius 2 is 1.81 bits per heavy atom. The third-order valence-electron chi connectivity index (χ3n) is 3.50. The molecule has 0 saturated heterocycles. The zero-order valence-corrected chi connectivity index (χ0v) is 13.0. The molecule has 2 aromatic carbocycles. The number of benzene rings is 2. The maximum absolute atomic E-state index is 13.4. The molecular weight excluding hydrogens is 265 g/mol. The number of hydrogen-bond acceptors (Lipinski definition) is 2. The van der Waals surface area contributed by atoms with E-state index in [0.29, 0.717) is 6.61 Å². The van der Waals surface area contributed by atoms with Gasteiger partial charge >= 0.3 is 0 Å². The van der Waals surface area contributed by atoms with Gasteiger partial charge in [-0.1, -0.05) is 39.0 Å². The third kappa shape index (κ3) is 3.75. The molecule has 0 bridgehead atoms. The van der Waals surface area contributed by atoms with Gasteiger partial charge in [-0.25, -0.2) is 4.39 Å². The standard InChI is InChI=1S/C18H22FNO/c1-12-9-14(18(2,3)4)6-8-17(12)21-11-13-5-7-16(20)15(19)10-13/h5-10H,11,20H2,1-4H3. The molecule has 0 aromatic heterocycles. The lowest BCUT2D eigenvalue weighted by molar-refractivity contribution is 0.303. The Morgan fingerprint density at radius 1 is 1.10 bits per heavy atom. The van der Waals surface area contributed by atoms with Gasteiger partial charge in [-0.15, -0.1) is 0 Å². The average Bonchev–Trinajstić information content (AvgIpc) is 2.40.